The van der Waals surface area contributed by atoms with Crippen LogP contribution >= 0.6 is 0 Å². The first kappa shape index (κ1) is 25.2. The van der Waals surface area contributed by atoms with E-state index in [-0.39, 0.29) is 17.7 Å². The zero-order chi connectivity index (χ0) is 26.9. The van der Waals surface area contributed by atoms with Crippen LogP contribution in [0.5, 0.6) is 5.75 Å². The number of pyridine rings is 1. The SMILES string of the molecule is COc1ccc(Cn2nc(C)c3cc(-c4ccc(CC(=O)Nc5cc(C(C)(C)C)on5)cc4)cnc32)cc1. The third-order valence-corrected chi connectivity index (χ3v) is 6.43. The minimum Gasteiger partial charge on any atom is -0.497 e. The molecule has 3 heterocycles. The fourth-order valence-corrected chi connectivity index (χ4v) is 4.26. The van der Waals surface area contributed by atoms with Crippen molar-refractivity contribution < 1.29 is 14.1 Å². The number of carbonyl (C=O) groups is 1. The summed E-state index contributed by atoms with van der Waals surface area (Å²) in [7, 11) is 1.66. The molecule has 0 aliphatic heterocycles. The van der Waals surface area contributed by atoms with E-state index in [1.807, 2.05) is 87.1 Å². The smallest absolute Gasteiger partial charge is 0.230 e. The topological polar surface area (TPSA) is 95.1 Å². The summed E-state index contributed by atoms with van der Waals surface area (Å²) in [5, 5.41) is 12.5. The predicted octanol–water partition coefficient (Wildman–Crippen LogP) is 5.93. The Bertz CT molecular complexity index is 1580. The van der Waals surface area contributed by atoms with Crippen LogP contribution < -0.4 is 10.1 Å². The molecule has 0 atom stereocenters. The van der Waals surface area contributed by atoms with Crippen LogP contribution in [-0.2, 0) is 23.2 Å². The molecule has 0 unspecified atom stereocenters. The summed E-state index contributed by atoms with van der Waals surface area (Å²) in [6, 6.07) is 19.8. The van der Waals surface area contributed by atoms with E-state index in [2.05, 4.69) is 16.5 Å². The zero-order valence-corrected chi connectivity index (χ0v) is 22.3. The molecule has 2 aromatic carbocycles. The summed E-state index contributed by atoms with van der Waals surface area (Å²) < 4.78 is 12.5. The van der Waals surface area contributed by atoms with E-state index < -0.39 is 0 Å². The molecule has 0 radical (unpaired) electrons. The number of anilines is 1. The molecule has 8 heteroatoms. The van der Waals surface area contributed by atoms with Gasteiger partial charge in [0.1, 0.15) is 11.5 Å². The number of amides is 1. The van der Waals surface area contributed by atoms with Crippen LogP contribution in [0.15, 0.2) is 71.4 Å². The Morgan fingerprint density at radius 2 is 1.71 bits per heavy atom. The fraction of sp³-hybridized carbons (Fsp3) is 0.267. The molecule has 0 aliphatic carbocycles. The Morgan fingerprint density at radius 3 is 2.37 bits per heavy atom. The van der Waals surface area contributed by atoms with Gasteiger partial charge < -0.3 is 14.6 Å². The van der Waals surface area contributed by atoms with Crippen molar-refractivity contribution in [3.05, 3.63) is 89.4 Å². The van der Waals surface area contributed by atoms with E-state index >= 15 is 0 Å². The number of aromatic nitrogens is 4. The molecule has 8 nitrogen and oxygen atoms in total. The molecule has 194 valence electrons. The van der Waals surface area contributed by atoms with Gasteiger partial charge in [-0.25, -0.2) is 9.67 Å². The number of carbonyl (C=O) groups excluding carboxylic acids is 1. The molecular formula is C30H31N5O3. The lowest BCUT2D eigenvalue weighted by Crippen LogP contribution is -2.14. The average molecular weight is 510 g/mol. The number of nitrogens with one attached hydrogen (secondary N) is 1. The van der Waals surface area contributed by atoms with Crippen LogP contribution in [0, 0.1) is 6.92 Å². The predicted molar refractivity (Wildman–Crippen MR) is 147 cm³/mol. The molecule has 0 saturated heterocycles. The number of ether oxygens (including phenoxy) is 1. The van der Waals surface area contributed by atoms with E-state index in [1.54, 1.807) is 13.2 Å². The van der Waals surface area contributed by atoms with Gasteiger partial charge in [0.25, 0.3) is 0 Å². The zero-order valence-electron chi connectivity index (χ0n) is 22.3. The number of fused-ring (bicyclic) bond motifs is 1. The van der Waals surface area contributed by atoms with Gasteiger partial charge >= 0.3 is 0 Å². The Labute approximate surface area is 221 Å². The molecule has 5 rings (SSSR count). The van der Waals surface area contributed by atoms with Gasteiger partial charge in [-0.2, -0.15) is 5.10 Å². The molecule has 0 bridgehead atoms. The lowest BCUT2D eigenvalue weighted by molar-refractivity contribution is -0.115. The summed E-state index contributed by atoms with van der Waals surface area (Å²) in [4.78, 5) is 17.3. The summed E-state index contributed by atoms with van der Waals surface area (Å²) in [5.74, 6) is 1.84. The molecule has 38 heavy (non-hydrogen) atoms. The van der Waals surface area contributed by atoms with Crippen molar-refractivity contribution in [2.45, 2.75) is 46.1 Å². The summed E-state index contributed by atoms with van der Waals surface area (Å²) >= 11 is 0. The highest BCUT2D eigenvalue weighted by molar-refractivity contribution is 5.91. The van der Waals surface area contributed by atoms with Gasteiger partial charge in [-0.15, -0.1) is 0 Å². The Balaban J connectivity index is 1.27. The van der Waals surface area contributed by atoms with Crippen molar-refractivity contribution in [2.75, 3.05) is 12.4 Å². The quantitative estimate of drug-likeness (QED) is 0.292. The average Bonchev–Trinajstić information content (AvgIpc) is 3.49. The van der Waals surface area contributed by atoms with E-state index in [0.29, 0.717) is 12.4 Å². The van der Waals surface area contributed by atoms with E-state index in [4.69, 9.17) is 19.3 Å². The number of rotatable bonds is 7. The van der Waals surface area contributed by atoms with Crippen molar-refractivity contribution in [2.24, 2.45) is 0 Å². The standard InChI is InChI=1S/C30H31N5O3/c1-19-25-15-23(17-31-29(25)35(33-19)18-21-8-12-24(37-5)13-9-21)22-10-6-20(7-11-22)14-28(36)32-27-16-26(38-34-27)30(2,3)4/h6-13,15-17H,14,18H2,1-5H3,(H,32,34,36). The van der Waals surface area contributed by atoms with Crippen LogP contribution in [0.4, 0.5) is 5.82 Å². The molecule has 0 saturated carbocycles. The normalized spacial score (nSPS) is 11.6. The maximum atomic E-state index is 12.5. The fourth-order valence-electron chi connectivity index (χ4n) is 4.26. The second kappa shape index (κ2) is 10.1. The minimum atomic E-state index is -0.169. The van der Waals surface area contributed by atoms with Crippen LogP contribution in [0.1, 0.15) is 43.4 Å². The number of hydrogen-bond donors (Lipinski definition) is 1. The van der Waals surface area contributed by atoms with Crippen molar-refractivity contribution >= 4 is 22.8 Å². The molecule has 3 aromatic heterocycles. The first-order valence-electron chi connectivity index (χ1n) is 12.5. The third kappa shape index (κ3) is 5.44. The number of aryl methyl sites for hydroxylation is 1. The summed E-state index contributed by atoms with van der Waals surface area (Å²) in [5.41, 5.74) is 5.66. The lowest BCUT2D eigenvalue weighted by Gasteiger charge is -2.12. The van der Waals surface area contributed by atoms with E-state index in [9.17, 15) is 4.79 Å². The highest BCUT2D eigenvalue weighted by Crippen LogP contribution is 2.27. The maximum Gasteiger partial charge on any atom is 0.230 e. The first-order chi connectivity index (χ1) is 18.2. The highest BCUT2D eigenvalue weighted by atomic mass is 16.5. The molecule has 1 amide bonds. The van der Waals surface area contributed by atoms with Crippen molar-refractivity contribution in [1.82, 2.24) is 19.9 Å². The second-order valence-electron chi connectivity index (χ2n) is 10.4. The molecule has 0 fully saturated rings. The second-order valence-corrected chi connectivity index (χ2v) is 10.4. The van der Waals surface area contributed by atoms with Crippen LogP contribution in [-0.4, -0.2) is 32.9 Å². The van der Waals surface area contributed by atoms with E-state index in [1.165, 1.54) is 0 Å². The Morgan fingerprint density at radius 1 is 1.00 bits per heavy atom. The van der Waals surface area contributed by atoms with Gasteiger partial charge in [0.15, 0.2) is 11.5 Å². The molecule has 1 N–H and O–H groups in total. The molecule has 0 aliphatic rings. The van der Waals surface area contributed by atoms with E-state index in [0.717, 1.165) is 50.5 Å². The highest BCUT2D eigenvalue weighted by Gasteiger charge is 2.20. The number of benzene rings is 2. The number of hydrogen-bond acceptors (Lipinski definition) is 6. The van der Waals surface area contributed by atoms with Gasteiger partial charge in [-0.3, -0.25) is 4.79 Å². The van der Waals surface area contributed by atoms with Gasteiger partial charge in [0.2, 0.25) is 5.91 Å². The number of methoxy groups -OCH3 is 1. The monoisotopic (exact) mass is 509 g/mol. The minimum absolute atomic E-state index is 0.144. The van der Waals surface area contributed by atoms with Crippen molar-refractivity contribution in [3.63, 3.8) is 0 Å². The summed E-state index contributed by atoms with van der Waals surface area (Å²) in [6.45, 7) is 8.72. The van der Waals surface area contributed by atoms with Gasteiger partial charge in [0, 0.05) is 28.6 Å². The van der Waals surface area contributed by atoms with Gasteiger partial charge in [-0.05, 0) is 41.8 Å². The number of nitrogens with zero attached hydrogens (tertiary/aromatic N) is 4. The maximum absolute atomic E-state index is 12.5. The lowest BCUT2D eigenvalue weighted by atomic mass is 9.93. The molecule has 0 spiro atoms. The molecular weight excluding hydrogens is 478 g/mol. The third-order valence-electron chi connectivity index (χ3n) is 6.43. The van der Waals surface area contributed by atoms with Crippen LogP contribution in [0.25, 0.3) is 22.2 Å². The largest absolute Gasteiger partial charge is 0.497 e. The van der Waals surface area contributed by atoms with Crippen LogP contribution in [0.3, 0.4) is 0 Å². The summed E-state index contributed by atoms with van der Waals surface area (Å²) in [6.07, 6.45) is 2.11. The van der Waals surface area contributed by atoms with Gasteiger partial charge in [0.05, 0.1) is 25.8 Å². The van der Waals surface area contributed by atoms with Crippen LogP contribution in [0.2, 0.25) is 0 Å². The first-order valence-corrected chi connectivity index (χ1v) is 12.5. The molecule has 5 aromatic rings. The van der Waals surface area contributed by atoms with Gasteiger partial charge in [-0.1, -0.05) is 62.3 Å². The van der Waals surface area contributed by atoms with Crippen molar-refractivity contribution in [3.8, 4) is 16.9 Å². The Hall–Kier alpha value is -4.46. The van der Waals surface area contributed by atoms with Crippen molar-refractivity contribution in [1.29, 1.82) is 0 Å². The Kier molecular flexibility index (Phi) is 6.72.